The smallest absolute Gasteiger partial charge is 0.259 e. The Balaban J connectivity index is 1.76. The van der Waals surface area contributed by atoms with Crippen molar-refractivity contribution in [2.75, 3.05) is 12.4 Å². The molecule has 1 heterocycles. The van der Waals surface area contributed by atoms with Gasteiger partial charge in [-0.05, 0) is 42.5 Å². The van der Waals surface area contributed by atoms with Crippen LogP contribution in [0.3, 0.4) is 0 Å². The topological polar surface area (TPSA) is 99.2 Å². The highest BCUT2D eigenvalue weighted by Gasteiger charge is 2.20. The Labute approximate surface area is 183 Å². The van der Waals surface area contributed by atoms with Crippen molar-refractivity contribution in [2.45, 2.75) is 0 Å². The van der Waals surface area contributed by atoms with E-state index in [-0.39, 0.29) is 16.8 Å². The normalized spacial score (nSPS) is 10.6. The van der Waals surface area contributed by atoms with Gasteiger partial charge < -0.3 is 15.8 Å². The molecule has 3 aromatic carbocycles. The minimum atomic E-state index is -0.924. The molecular formula is C24H19FN4O3. The molecule has 8 heteroatoms. The highest BCUT2D eigenvalue weighted by atomic mass is 19.1. The van der Waals surface area contributed by atoms with Gasteiger partial charge in [0.1, 0.15) is 17.3 Å². The van der Waals surface area contributed by atoms with E-state index in [1.54, 1.807) is 36.2 Å². The average Bonchev–Trinajstić information content (AvgIpc) is 3.26. The fraction of sp³-hybridized carbons (Fsp3) is 0.0417. The van der Waals surface area contributed by atoms with Crippen LogP contribution in [0.15, 0.2) is 79.0 Å². The molecule has 0 fully saturated rings. The molecular weight excluding hydrogens is 411 g/mol. The average molecular weight is 430 g/mol. The number of nitrogens with two attached hydrogens (primary N) is 1. The molecule has 160 valence electrons. The Morgan fingerprint density at radius 3 is 2.50 bits per heavy atom. The van der Waals surface area contributed by atoms with Crippen LogP contribution in [0.2, 0.25) is 0 Å². The number of nitrogens with one attached hydrogen (secondary N) is 1. The quantitative estimate of drug-likeness (QED) is 0.482. The molecule has 32 heavy (non-hydrogen) atoms. The number of aromatic nitrogens is 2. The number of anilines is 1. The highest BCUT2D eigenvalue weighted by molar-refractivity contribution is 6.08. The molecule has 7 nitrogen and oxygen atoms in total. The lowest BCUT2D eigenvalue weighted by Crippen LogP contribution is -2.16. The number of ether oxygens (including phenoxy) is 1. The number of carbonyl (C=O) groups is 2. The molecule has 0 atom stereocenters. The highest BCUT2D eigenvalue weighted by Crippen LogP contribution is 2.28. The molecule has 3 N–H and O–H groups in total. The molecule has 1 aromatic heterocycles. The van der Waals surface area contributed by atoms with Crippen LogP contribution in [0, 0.1) is 5.82 Å². The number of primary amides is 1. The Bertz CT molecular complexity index is 1300. The lowest BCUT2D eigenvalue weighted by molar-refractivity contribution is 0.0992. The zero-order chi connectivity index (χ0) is 22.7. The Kier molecular flexibility index (Phi) is 5.67. The van der Waals surface area contributed by atoms with E-state index in [9.17, 15) is 14.0 Å². The van der Waals surface area contributed by atoms with E-state index >= 15 is 0 Å². The molecule has 0 unspecified atom stereocenters. The number of benzene rings is 3. The summed E-state index contributed by atoms with van der Waals surface area (Å²) in [7, 11) is 1.56. The maximum Gasteiger partial charge on any atom is 0.259 e. The van der Waals surface area contributed by atoms with Gasteiger partial charge in [0.15, 0.2) is 0 Å². The van der Waals surface area contributed by atoms with E-state index in [0.717, 1.165) is 11.8 Å². The van der Waals surface area contributed by atoms with Gasteiger partial charge in [-0.3, -0.25) is 9.59 Å². The molecule has 2 amide bonds. The third kappa shape index (κ3) is 4.20. The third-order valence-electron chi connectivity index (χ3n) is 4.81. The molecule has 0 aliphatic heterocycles. The van der Waals surface area contributed by atoms with Gasteiger partial charge >= 0.3 is 0 Å². The summed E-state index contributed by atoms with van der Waals surface area (Å²) in [5.41, 5.74) is 7.30. The molecule has 0 saturated heterocycles. The molecule has 4 rings (SSSR count). The first-order chi connectivity index (χ1) is 15.5. The summed E-state index contributed by atoms with van der Waals surface area (Å²) in [5.74, 6) is -1.54. The summed E-state index contributed by atoms with van der Waals surface area (Å²) in [6, 6.07) is 20.2. The maximum absolute atomic E-state index is 13.8. The number of hydrogen-bond donors (Lipinski definition) is 2. The van der Waals surface area contributed by atoms with Crippen molar-refractivity contribution in [1.29, 1.82) is 0 Å². The minimum Gasteiger partial charge on any atom is -0.497 e. The predicted molar refractivity (Wildman–Crippen MR) is 118 cm³/mol. The van der Waals surface area contributed by atoms with Crippen LogP contribution in [-0.2, 0) is 0 Å². The summed E-state index contributed by atoms with van der Waals surface area (Å²) >= 11 is 0. The van der Waals surface area contributed by atoms with Gasteiger partial charge in [-0.2, -0.15) is 5.10 Å². The van der Waals surface area contributed by atoms with Crippen LogP contribution >= 0.6 is 0 Å². The third-order valence-corrected chi connectivity index (χ3v) is 4.81. The number of halogens is 1. The van der Waals surface area contributed by atoms with Gasteiger partial charge in [0.05, 0.1) is 23.9 Å². The number of methoxy groups -OCH3 is 1. The Morgan fingerprint density at radius 1 is 1.00 bits per heavy atom. The van der Waals surface area contributed by atoms with Crippen molar-refractivity contribution in [3.05, 3.63) is 95.9 Å². The van der Waals surface area contributed by atoms with E-state index < -0.39 is 17.6 Å². The second kappa shape index (κ2) is 8.73. The second-order valence-corrected chi connectivity index (χ2v) is 6.92. The molecule has 0 bridgehead atoms. The van der Waals surface area contributed by atoms with Crippen molar-refractivity contribution in [3.8, 4) is 22.7 Å². The van der Waals surface area contributed by atoms with Crippen molar-refractivity contribution in [2.24, 2.45) is 5.73 Å². The fourth-order valence-electron chi connectivity index (χ4n) is 3.23. The Morgan fingerprint density at radius 2 is 1.78 bits per heavy atom. The lowest BCUT2D eigenvalue weighted by Gasteiger charge is -2.08. The van der Waals surface area contributed by atoms with Crippen LogP contribution in [0.1, 0.15) is 20.7 Å². The summed E-state index contributed by atoms with van der Waals surface area (Å²) in [6.07, 6.45) is 1.61. The molecule has 0 aliphatic carbocycles. The number of hydrogen-bond acceptors (Lipinski definition) is 4. The van der Waals surface area contributed by atoms with Crippen LogP contribution in [0.4, 0.5) is 10.1 Å². The van der Waals surface area contributed by atoms with Gasteiger partial charge in [-0.15, -0.1) is 0 Å². The van der Waals surface area contributed by atoms with Crippen LogP contribution in [0.25, 0.3) is 16.9 Å². The van der Waals surface area contributed by atoms with Gasteiger partial charge in [0.2, 0.25) is 0 Å². The fourth-order valence-corrected chi connectivity index (χ4v) is 3.23. The maximum atomic E-state index is 13.8. The van der Waals surface area contributed by atoms with Crippen molar-refractivity contribution < 1.29 is 18.7 Å². The number of amides is 2. The summed E-state index contributed by atoms with van der Waals surface area (Å²) < 4.78 is 20.7. The number of para-hydroxylation sites is 1. The molecule has 4 aromatic rings. The zero-order valence-electron chi connectivity index (χ0n) is 17.1. The van der Waals surface area contributed by atoms with E-state index in [2.05, 4.69) is 10.4 Å². The first-order valence-corrected chi connectivity index (χ1v) is 9.66. The van der Waals surface area contributed by atoms with Crippen LogP contribution in [0.5, 0.6) is 5.75 Å². The van der Waals surface area contributed by atoms with Gasteiger partial charge in [0, 0.05) is 17.4 Å². The number of nitrogens with zero attached hydrogens (tertiary/aromatic N) is 2. The van der Waals surface area contributed by atoms with Crippen LogP contribution in [-0.4, -0.2) is 28.7 Å². The van der Waals surface area contributed by atoms with Gasteiger partial charge in [-0.25, -0.2) is 9.07 Å². The SMILES string of the molecule is COc1cccc(-c2nn(-c3ccccc3)cc2C(=O)Nc2ccc(F)c(C(N)=O)c2)c1. The van der Waals surface area contributed by atoms with E-state index in [0.29, 0.717) is 17.0 Å². The van der Waals surface area contributed by atoms with E-state index in [1.165, 1.54) is 12.1 Å². The monoisotopic (exact) mass is 430 g/mol. The second-order valence-electron chi connectivity index (χ2n) is 6.92. The zero-order valence-corrected chi connectivity index (χ0v) is 17.1. The van der Waals surface area contributed by atoms with Gasteiger partial charge in [-0.1, -0.05) is 30.3 Å². The number of rotatable bonds is 6. The Hall–Kier alpha value is -4.46. The molecule has 0 aliphatic rings. The molecule has 0 radical (unpaired) electrons. The van der Waals surface area contributed by atoms with Crippen molar-refractivity contribution >= 4 is 17.5 Å². The minimum absolute atomic E-state index is 0.231. The lowest BCUT2D eigenvalue weighted by atomic mass is 10.1. The standard InChI is InChI=1S/C24H19FN4O3/c1-32-18-9-5-6-15(12-18)22-20(14-29(28-22)17-7-3-2-4-8-17)24(31)27-16-10-11-21(25)19(13-16)23(26)30/h2-14H,1H3,(H2,26,30)(H,27,31). The largest absolute Gasteiger partial charge is 0.497 e. The molecule has 0 spiro atoms. The van der Waals surface area contributed by atoms with Crippen LogP contribution < -0.4 is 15.8 Å². The molecule has 0 saturated carbocycles. The number of carbonyl (C=O) groups excluding carboxylic acids is 2. The summed E-state index contributed by atoms with van der Waals surface area (Å²) in [5, 5.41) is 7.30. The summed E-state index contributed by atoms with van der Waals surface area (Å²) in [4.78, 5) is 24.6. The van der Waals surface area contributed by atoms with Crippen molar-refractivity contribution in [3.63, 3.8) is 0 Å². The van der Waals surface area contributed by atoms with E-state index in [1.807, 2.05) is 36.4 Å². The first kappa shape index (κ1) is 20.8. The summed E-state index contributed by atoms with van der Waals surface area (Å²) in [6.45, 7) is 0. The van der Waals surface area contributed by atoms with Crippen molar-refractivity contribution in [1.82, 2.24) is 9.78 Å². The van der Waals surface area contributed by atoms with Gasteiger partial charge in [0.25, 0.3) is 11.8 Å². The predicted octanol–water partition coefficient (Wildman–Crippen LogP) is 4.04. The van der Waals surface area contributed by atoms with E-state index in [4.69, 9.17) is 10.5 Å². The first-order valence-electron chi connectivity index (χ1n) is 9.66.